The van der Waals surface area contributed by atoms with Gasteiger partial charge in [-0.05, 0) is 47.4 Å². The molecule has 4 aromatic rings. The van der Waals surface area contributed by atoms with Gasteiger partial charge in [0.15, 0.2) is 11.5 Å². The molecule has 6 rings (SSSR count). The number of carbonyl (C=O) groups is 3. The van der Waals surface area contributed by atoms with Crippen LogP contribution in [0, 0.1) is 6.92 Å². The normalized spacial score (nSPS) is 16.6. The summed E-state index contributed by atoms with van der Waals surface area (Å²) in [5.41, 5.74) is 4.02. The number of imide groups is 1. The van der Waals surface area contributed by atoms with Crippen LogP contribution in [0.2, 0.25) is 0 Å². The maximum atomic E-state index is 14.4. The number of hydrogen-bond acceptors (Lipinski definition) is 7. The summed E-state index contributed by atoms with van der Waals surface area (Å²) in [6.07, 6.45) is 1.75. The lowest BCUT2D eigenvalue weighted by molar-refractivity contribution is -0.158. The number of ether oxygens (including phenoxy) is 4. The molecule has 46 heavy (non-hydrogen) atoms. The number of fused-ring (bicyclic) bond motifs is 1. The van der Waals surface area contributed by atoms with Crippen molar-refractivity contribution in [2.24, 2.45) is 0 Å². The van der Waals surface area contributed by atoms with E-state index in [2.05, 4.69) is 0 Å². The van der Waals surface area contributed by atoms with Crippen molar-refractivity contribution >= 4 is 23.8 Å². The summed E-state index contributed by atoms with van der Waals surface area (Å²) in [6, 6.07) is 27.1. The molecular weight excluding hydrogens is 584 g/mol. The first-order valence-corrected chi connectivity index (χ1v) is 15.0. The first-order chi connectivity index (χ1) is 22.3. The number of hydrogen-bond donors (Lipinski definition) is 0. The lowest BCUT2D eigenvalue weighted by Crippen LogP contribution is -2.60. The topological polar surface area (TPSA) is 94.6 Å². The van der Waals surface area contributed by atoms with Crippen molar-refractivity contribution < 1.29 is 33.3 Å². The van der Waals surface area contributed by atoms with E-state index in [-0.39, 0.29) is 38.0 Å². The molecule has 9 nitrogen and oxygen atoms in total. The van der Waals surface area contributed by atoms with Gasteiger partial charge in [0.25, 0.3) is 11.8 Å². The zero-order valence-electron chi connectivity index (χ0n) is 25.9. The summed E-state index contributed by atoms with van der Waals surface area (Å²) in [7, 11) is 1.59. The van der Waals surface area contributed by atoms with E-state index in [0.29, 0.717) is 28.6 Å². The van der Waals surface area contributed by atoms with Gasteiger partial charge in [-0.15, -0.1) is 0 Å². The molecule has 0 spiro atoms. The number of nitrogens with zero attached hydrogens (tertiary/aromatic N) is 2. The van der Waals surface area contributed by atoms with Crippen molar-refractivity contribution in [2.45, 2.75) is 39.5 Å². The molecule has 0 bridgehead atoms. The van der Waals surface area contributed by atoms with Crippen molar-refractivity contribution in [3.63, 3.8) is 0 Å². The van der Waals surface area contributed by atoms with Gasteiger partial charge in [-0.3, -0.25) is 19.3 Å². The minimum Gasteiger partial charge on any atom is -0.496 e. The minimum atomic E-state index is -1.04. The molecule has 0 aliphatic carbocycles. The minimum absolute atomic E-state index is 0.0506. The van der Waals surface area contributed by atoms with Gasteiger partial charge in [0.05, 0.1) is 13.7 Å². The summed E-state index contributed by atoms with van der Waals surface area (Å²) in [6.45, 7) is 3.66. The molecule has 9 heteroatoms. The quantitative estimate of drug-likeness (QED) is 0.223. The van der Waals surface area contributed by atoms with Crippen LogP contribution in [0.1, 0.15) is 34.7 Å². The molecule has 0 aromatic heterocycles. The number of methoxy groups -OCH3 is 1. The Morgan fingerprint density at radius 1 is 0.870 bits per heavy atom. The molecule has 3 amide bonds. The zero-order valence-corrected chi connectivity index (χ0v) is 25.9. The molecule has 0 saturated carbocycles. The lowest BCUT2D eigenvalue weighted by atomic mass is 9.97. The monoisotopic (exact) mass is 618 g/mol. The maximum Gasteiger partial charge on any atom is 0.277 e. The van der Waals surface area contributed by atoms with E-state index in [0.717, 1.165) is 27.2 Å². The van der Waals surface area contributed by atoms with Gasteiger partial charge >= 0.3 is 0 Å². The van der Waals surface area contributed by atoms with Crippen LogP contribution in [0.5, 0.6) is 23.0 Å². The average molecular weight is 619 g/mol. The fourth-order valence-electron chi connectivity index (χ4n) is 5.75. The highest BCUT2D eigenvalue weighted by atomic mass is 16.7. The average Bonchev–Trinajstić information content (AvgIpc) is 3.52. The van der Waals surface area contributed by atoms with E-state index in [1.165, 1.54) is 11.8 Å². The van der Waals surface area contributed by atoms with E-state index in [1.807, 2.05) is 85.8 Å². The van der Waals surface area contributed by atoms with Gasteiger partial charge in [-0.25, -0.2) is 0 Å². The van der Waals surface area contributed by atoms with Crippen LogP contribution in [0.3, 0.4) is 0 Å². The Hall–Kier alpha value is -5.57. The number of benzene rings is 4. The van der Waals surface area contributed by atoms with E-state index in [4.69, 9.17) is 18.9 Å². The van der Waals surface area contributed by atoms with E-state index < -0.39 is 17.9 Å². The fraction of sp³-hybridized carbons (Fsp3) is 0.216. The van der Waals surface area contributed by atoms with Crippen LogP contribution in [0.25, 0.3) is 6.08 Å². The lowest BCUT2D eigenvalue weighted by Gasteiger charge is -2.40. The number of carbonyl (C=O) groups excluding carboxylic acids is 3. The highest BCUT2D eigenvalue weighted by Gasteiger charge is 2.45. The van der Waals surface area contributed by atoms with Crippen molar-refractivity contribution in [1.29, 1.82) is 0 Å². The van der Waals surface area contributed by atoms with Gasteiger partial charge in [0.1, 0.15) is 29.8 Å². The van der Waals surface area contributed by atoms with Gasteiger partial charge in [-0.1, -0.05) is 72.8 Å². The number of piperazine rings is 1. The van der Waals surface area contributed by atoms with Crippen molar-refractivity contribution in [2.75, 3.05) is 13.9 Å². The van der Waals surface area contributed by atoms with Gasteiger partial charge in [0.2, 0.25) is 12.7 Å². The third kappa shape index (κ3) is 6.30. The second-order valence-corrected chi connectivity index (χ2v) is 11.2. The molecule has 1 saturated heterocycles. The van der Waals surface area contributed by atoms with Crippen molar-refractivity contribution in [3.05, 3.63) is 125 Å². The summed E-state index contributed by atoms with van der Waals surface area (Å²) in [4.78, 5) is 44.4. The molecule has 4 aromatic carbocycles. The van der Waals surface area contributed by atoms with Crippen molar-refractivity contribution in [1.82, 2.24) is 9.80 Å². The van der Waals surface area contributed by atoms with Gasteiger partial charge in [0, 0.05) is 25.0 Å². The standard InChI is InChI=1S/C37H34N2O7/c1-24-16-28(14-15-32(24)43-3)17-31-36(41)38(21-26-10-6-4-7-11-26)30(37(42)39(31)25(2)40)18-29-19-34-35(46-23-45-34)20-33(29)44-22-27-12-8-5-9-13-27/h4-16,18-20,31H,17,21-23H2,1-3H3/b30-18-. The Balaban J connectivity index is 1.42. The number of aryl methyl sites for hydroxylation is 1. The molecular formula is C37H34N2O7. The van der Waals surface area contributed by atoms with Gasteiger partial charge in [-0.2, -0.15) is 0 Å². The second kappa shape index (κ2) is 13.2. The molecule has 1 unspecified atom stereocenters. The predicted octanol–water partition coefficient (Wildman–Crippen LogP) is 5.68. The number of amides is 3. The first kappa shape index (κ1) is 30.5. The second-order valence-electron chi connectivity index (χ2n) is 11.2. The van der Waals surface area contributed by atoms with Crippen LogP contribution in [0.4, 0.5) is 0 Å². The molecule has 2 aliphatic rings. The summed E-state index contributed by atoms with van der Waals surface area (Å²) in [5.74, 6) is 0.673. The highest BCUT2D eigenvalue weighted by Crippen LogP contribution is 2.40. The summed E-state index contributed by atoms with van der Waals surface area (Å²) >= 11 is 0. The Morgan fingerprint density at radius 3 is 2.20 bits per heavy atom. The van der Waals surface area contributed by atoms with Crippen LogP contribution in [-0.2, 0) is 34.0 Å². The van der Waals surface area contributed by atoms with E-state index in [9.17, 15) is 14.4 Å². The van der Waals surface area contributed by atoms with Crippen LogP contribution in [-0.4, -0.2) is 47.5 Å². The van der Waals surface area contributed by atoms with Gasteiger partial charge < -0.3 is 23.8 Å². The maximum absolute atomic E-state index is 14.4. The molecule has 0 radical (unpaired) electrons. The largest absolute Gasteiger partial charge is 0.496 e. The van der Waals surface area contributed by atoms with E-state index in [1.54, 1.807) is 25.3 Å². The molecule has 1 fully saturated rings. The molecule has 234 valence electrons. The Kier molecular flexibility index (Phi) is 8.74. The Morgan fingerprint density at radius 2 is 1.54 bits per heavy atom. The van der Waals surface area contributed by atoms with Crippen LogP contribution in [0.15, 0.2) is 96.7 Å². The third-order valence-electron chi connectivity index (χ3n) is 8.04. The molecule has 2 aliphatic heterocycles. The van der Waals surface area contributed by atoms with Crippen molar-refractivity contribution in [3.8, 4) is 23.0 Å². The third-order valence-corrected chi connectivity index (χ3v) is 8.04. The smallest absolute Gasteiger partial charge is 0.277 e. The molecule has 0 N–H and O–H groups in total. The van der Waals surface area contributed by atoms with Crippen LogP contribution >= 0.6 is 0 Å². The first-order valence-electron chi connectivity index (χ1n) is 15.0. The predicted molar refractivity (Wildman–Crippen MR) is 171 cm³/mol. The molecule has 2 heterocycles. The molecule has 1 atom stereocenters. The Labute approximate surface area is 267 Å². The Bertz CT molecular complexity index is 1800. The fourth-order valence-corrected chi connectivity index (χ4v) is 5.75. The van der Waals surface area contributed by atoms with E-state index >= 15 is 0 Å². The summed E-state index contributed by atoms with van der Waals surface area (Å²) in [5, 5.41) is 0. The summed E-state index contributed by atoms with van der Waals surface area (Å²) < 4.78 is 22.9. The number of rotatable bonds is 9. The highest BCUT2D eigenvalue weighted by molar-refractivity contribution is 6.14. The zero-order chi connectivity index (χ0) is 32.2. The van der Waals surface area contributed by atoms with Crippen LogP contribution < -0.4 is 18.9 Å². The SMILES string of the molecule is COc1ccc(CC2C(=O)N(Cc3ccccc3)/C(=C\c3cc4c(cc3OCc3ccccc3)OCO4)C(=O)N2C(C)=O)cc1C.